The lowest BCUT2D eigenvalue weighted by molar-refractivity contribution is -0.271. The van der Waals surface area contributed by atoms with Crippen LogP contribution >= 0.6 is 0 Å². The summed E-state index contributed by atoms with van der Waals surface area (Å²) in [4.78, 5) is 176. The van der Waals surface area contributed by atoms with Gasteiger partial charge in [0.25, 0.3) is 0 Å². The summed E-state index contributed by atoms with van der Waals surface area (Å²) < 4.78 is 54.1. The number of hydrogen-bond donors (Lipinski definition) is 11. The fourth-order valence-corrected chi connectivity index (χ4v) is 10.0. The van der Waals surface area contributed by atoms with E-state index in [1.54, 1.807) is 6.92 Å². The number of nitrogens with one attached hydrogen (secondary N) is 2. The lowest BCUT2D eigenvalue weighted by Gasteiger charge is -2.38. The zero-order valence-electron chi connectivity index (χ0n) is 57.8. The molecular formula is C67H93N3O34. The third-order valence-electron chi connectivity index (χ3n) is 15.5. The largest absolute Gasteiger partial charge is 0.481 e. The summed E-state index contributed by atoms with van der Waals surface area (Å²) >= 11 is 0. The van der Waals surface area contributed by atoms with E-state index >= 15 is 0 Å². The first-order chi connectivity index (χ1) is 49.6. The number of benzene rings is 2. The smallest absolute Gasteiger partial charge is 0.373 e. The lowest BCUT2D eigenvalue weighted by atomic mass is 9.94. The minimum absolute atomic E-state index is 0.000943. The molecule has 37 nitrogen and oxygen atoms in total. The van der Waals surface area contributed by atoms with E-state index in [0.717, 1.165) is 0 Å². The van der Waals surface area contributed by atoms with Crippen LogP contribution in [0.3, 0.4) is 0 Å². The molecule has 2 unspecified atom stereocenters. The molecule has 37 heteroatoms. The molecule has 2 aromatic rings. The third-order valence-corrected chi connectivity index (χ3v) is 15.5. The van der Waals surface area contributed by atoms with Gasteiger partial charge in [-0.05, 0) is 86.8 Å². The Hall–Kier alpha value is -8.59. The topological polar surface area (TPSA) is 570 Å². The molecule has 0 bridgehead atoms. The summed E-state index contributed by atoms with van der Waals surface area (Å²) in [6.07, 6.45) is -14.8. The van der Waals surface area contributed by atoms with Crippen LogP contribution in [0.25, 0.3) is 0 Å². The average Bonchev–Trinajstić information content (AvgIpc) is 0.836. The van der Waals surface area contributed by atoms with E-state index < -0.39 is 146 Å². The SMILES string of the molecule is CC[C@@H](CC(=O)COCCOCCCC(=O)c1cc(COC(C)=O)ccc1OC1O[C@H](C(=O)O)[C@@H](O)[C@H](O)[C@H]1O)C(=O)NCCCCC(NC(=O)[C@@H](CCC(=O)O)CC(=O)COCCOCCCC(=O)c1cc(COC(C)=O)ccc1O[C@@H]1OC[C@@H](O)[C@H](O)[C@H]1O)C(=O)CCCON.O=C=O.O=C=O. The minimum Gasteiger partial charge on any atom is -0.481 e. The number of carboxylic acid groups (broad SMARTS) is 2. The van der Waals surface area contributed by atoms with Gasteiger partial charge in [-0.25, -0.2) is 10.7 Å². The first-order valence-electron chi connectivity index (χ1n) is 33.1. The quantitative estimate of drug-likeness (QED) is 0.0161. The molecule has 0 aromatic heterocycles. The minimum atomic E-state index is -1.97. The predicted molar refractivity (Wildman–Crippen MR) is 344 cm³/mol. The maximum Gasteiger partial charge on any atom is 0.373 e. The summed E-state index contributed by atoms with van der Waals surface area (Å²) in [6.45, 7) is 3.00. The number of carbonyl (C=O) groups excluding carboxylic acids is 13. The molecule has 0 radical (unpaired) electrons. The summed E-state index contributed by atoms with van der Waals surface area (Å²) in [5.74, 6) is -4.13. The van der Waals surface area contributed by atoms with Gasteiger partial charge in [-0.15, -0.1) is 0 Å². The Morgan fingerprint density at radius 2 is 1.06 bits per heavy atom. The number of hydrogen-bond acceptors (Lipinski definition) is 33. The van der Waals surface area contributed by atoms with Crippen LogP contribution in [0.4, 0.5) is 0 Å². The number of carbonyl (C=O) groups is 11. The second-order valence-electron chi connectivity index (χ2n) is 23.5. The first kappa shape index (κ1) is 91.5. The molecule has 2 saturated heterocycles. The molecule has 12 N–H and O–H groups in total. The van der Waals surface area contributed by atoms with Crippen LogP contribution < -0.4 is 26.0 Å². The van der Waals surface area contributed by atoms with Crippen LogP contribution in [0.15, 0.2) is 36.4 Å². The van der Waals surface area contributed by atoms with Gasteiger partial charge in [0, 0.05) is 84.0 Å². The molecule has 0 aliphatic carbocycles. The Balaban J connectivity index is 0.00000591. The molecule has 12 atom stereocenters. The molecule has 4 rings (SSSR count). The number of aliphatic hydroxyl groups excluding tert-OH is 6. The Morgan fingerprint density at radius 3 is 1.55 bits per heavy atom. The van der Waals surface area contributed by atoms with Crippen molar-refractivity contribution in [1.29, 1.82) is 0 Å². The summed E-state index contributed by atoms with van der Waals surface area (Å²) in [7, 11) is 0. The predicted octanol–water partition coefficient (Wildman–Crippen LogP) is -1.14. The molecule has 580 valence electrons. The highest BCUT2D eigenvalue weighted by atomic mass is 16.7. The molecule has 2 fully saturated rings. The van der Waals surface area contributed by atoms with Crippen molar-refractivity contribution in [2.24, 2.45) is 17.7 Å². The van der Waals surface area contributed by atoms with Crippen molar-refractivity contribution in [3.63, 3.8) is 0 Å². The van der Waals surface area contributed by atoms with Crippen molar-refractivity contribution in [2.45, 2.75) is 185 Å². The van der Waals surface area contributed by atoms with Gasteiger partial charge in [-0.1, -0.05) is 19.1 Å². The van der Waals surface area contributed by atoms with Crippen molar-refractivity contribution in [3.8, 4) is 11.5 Å². The summed E-state index contributed by atoms with van der Waals surface area (Å²) in [5, 5.41) is 85.5. The number of nitrogens with two attached hydrogens (primary N) is 1. The molecule has 0 spiro atoms. The van der Waals surface area contributed by atoms with Gasteiger partial charge in [0.1, 0.15) is 74.6 Å². The van der Waals surface area contributed by atoms with Gasteiger partial charge in [-0.2, -0.15) is 19.2 Å². The van der Waals surface area contributed by atoms with Crippen molar-refractivity contribution in [3.05, 3.63) is 58.7 Å². The second-order valence-corrected chi connectivity index (χ2v) is 23.5. The van der Waals surface area contributed by atoms with Gasteiger partial charge in [0.15, 0.2) is 35.0 Å². The highest BCUT2D eigenvalue weighted by Gasteiger charge is 2.48. The number of ketones is 5. The fourth-order valence-electron chi connectivity index (χ4n) is 10.0. The van der Waals surface area contributed by atoms with Crippen molar-refractivity contribution in [1.82, 2.24) is 10.6 Å². The summed E-state index contributed by atoms with van der Waals surface area (Å²) in [5.41, 5.74) is 0.863. The first-order valence-corrected chi connectivity index (χ1v) is 33.1. The van der Waals surface area contributed by atoms with E-state index in [2.05, 4.69) is 15.5 Å². The molecule has 2 aromatic carbocycles. The number of aliphatic hydroxyl groups is 6. The van der Waals surface area contributed by atoms with Crippen LogP contribution in [-0.4, -0.2) is 252 Å². The van der Waals surface area contributed by atoms with Gasteiger partial charge in [0.2, 0.25) is 24.4 Å². The van der Waals surface area contributed by atoms with Gasteiger partial charge < -0.3 is 104 Å². The number of amides is 2. The monoisotopic (exact) mass is 1480 g/mol. The molecule has 2 aliphatic heterocycles. The van der Waals surface area contributed by atoms with E-state index in [0.29, 0.717) is 30.4 Å². The van der Waals surface area contributed by atoms with Crippen LogP contribution in [0.5, 0.6) is 11.5 Å². The highest BCUT2D eigenvalue weighted by molar-refractivity contribution is 5.99. The Kier molecular flexibility index (Phi) is 45.4. The van der Waals surface area contributed by atoms with E-state index in [9.17, 15) is 93.6 Å². The Bertz CT molecular complexity index is 3120. The number of ether oxygens (including phenoxy) is 10. The van der Waals surface area contributed by atoms with Crippen molar-refractivity contribution >= 4 is 76.9 Å². The van der Waals surface area contributed by atoms with E-state index in [-0.39, 0.29) is 184 Å². The number of rotatable bonds is 50. The van der Waals surface area contributed by atoms with Gasteiger partial charge >= 0.3 is 36.2 Å². The number of Topliss-reactive ketones (excluding diaryl/α,β-unsaturated/α-hetero) is 5. The molecule has 2 heterocycles. The van der Waals surface area contributed by atoms with Crippen molar-refractivity contribution in [2.75, 3.05) is 72.6 Å². The number of carboxylic acids is 2. The second kappa shape index (κ2) is 51.6. The normalized spacial score (nSPS) is 19.7. The van der Waals surface area contributed by atoms with Gasteiger partial charge in [-0.3, -0.25) is 47.9 Å². The third kappa shape index (κ3) is 35.3. The Labute approximate surface area is 596 Å². The van der Waals surface area contributed by atoms with Crippen molar-refractivity contribution < 1.29 is 165 Å². The van der Waals surface area contributed by atoms with E-state index in [1.165, 1.54) is 50.2 Å². The number of esters is 2. The van der Waals surface area contributed by atoms with Crippen LogP contribution in [0, 0.1) is 11.8 Å². The van der Waals surface area contributed by atoms with E-state index in [4.69, 9.17) is 72.4 Å². The highest BCUT2D eigenvalue weighted by Crippen LogP contribution is 2.31. The fraction of sp³-hybridized carbons (Fsp3) is 0.627. The maximum atomic E-state index is 13.7. The zero-order valence-corrected chi connectivity index (χ0v) is 57.8. The standard InChI is InChI=1S/C65H93N3O30.2CO2/c1-4-41(30-43(71)34-90-26-24-88-22-8-12-49(74)46-29-40(33-93-38(3)70)15-18-53(46)97-65-59(83)56(80)57(81)60(98-65)63(86)87)61(84)67-20-6-5-10-47(50(75)13-9-23-95-66)68-62(85)42(16-19-54(77)78)31-44(72)35-91-27-25-89-21-7-11-48(73)45-28-39(32-92-37(2)69)14-17-52(45)96-64-58(82)55(79)51(76)36-94-64;2*2-1-3/h14-15,17-18,28-29,41-42,47,51,55-60,64-65,76,79-83H,4-13,16,19-27,30-36,66H2,1-3H3,(H,67,84)(H,68,85)(H,77,78)(H,86,87);;/t41-,42-,47?,51+,55-,56-,57-,58+,59+,60-,64-,65?;;/m0../s1. The number of aliphatic carboxylic acids is 2. The van der Waals surface area contributed by atoms with E-state index in [1.807, 2.05) is 0 Å². The molecule has 2 aliphatic rings. The van der Waals surface area contributed by atoms with Gasteiger partial charge in [0.05, 0.1) is 56.8 Å². The molecule has 2 amide bonds. The summed E-state index contributed by atoms with van der Waals surface area (Å²) in [6, 6.07) is 7.48. The lowest BCUT2D eigenvalue weighted by Crippen LogP contribution is -2.61. The average molecular weight is 1480 g/mol. The molecule has 0 saturated carbocycles. The van der Waals surface area contributed by atoms with Crippen LogP contribution in [0.2, 0.25) is 0 Å². The molecular weight excluding hydrogens is 1390 g/mol. The number of unbranched alkanes of at least 4 members (excludes halogenated alkanes) is 1. The Morgan fingerprint density at radius 1 is 0.567 bits per heavy atom. The zero-order chi connectivity index (χ0) is 77.7. The van der Waals surface area contributed by atoms with Crippen LogP contribution in [0.1, 0.15) is 143 Å². The maximum absolute atomic E-state index is 13.7. The molecule has 104 heavy (non-hydrogen) atoms. The van der Waals surface area contributed by atoms with Crippen LogP contribution in [-0.2, 0) is 118 Å².